The number of aliphatic carboxylic acids is 1. The van der Waals surface area contributed by atoms with E-state index >= 15 is 0 Å². The second-order valence-electron chi connectivity index (χ2n) is 6.43. The lowest BCUT2D eigenvalue weighted by Crippen LogP contribution is -2.54. The molecule has 2 amide bonds. The summed E-state index contributed by atoms with van der Waals surface area (Å²) in [5.74, 6) is -1.23. The molecule has 2 aliphatic heterocycles. The van der Waals surface area contributed by atoms with Gasteiger partial charge in [0.1, 0.15) is 6.04 Å². The van der Waals surface area contributed by atoms with E-state index in [1.54, 1.807) is 15.9 Å². The summed E-state index contributed by atoms with van der Waals surface area (Å²) in [6, 6.07) is 3.23. The van der Waals surface area contributed by atoms with Crippen molar-refractivity contribution in [1.29, 1.82) is 0 Å². The largest absolute Gasteiger partial charge is 0.481 e. The summed E-state index contributed by atoms with van der Waals surface area (Å²) >= 11 is 1.40. The lowest BCUT2D eigenvalue weighted by Gasteiger charge is -2.39. The molecule has 7 heteroatoms. The average Bonchev–Trinajstić information content (AvgIpc) is 3.15. The first kappa shape index (κ1) is 17.0. The number of rotatable bonds is 3. The minimum absolute atomic E-state index is 0.0246. The quantitative estimate of drug-likeness (QED) is 0.905. The number of carbonyl (C=O) groups excluding carboxylic acids is 2. The minimum atomic E-state index is -0.783. The molecule has 2 fully saturated rings. The summed E-state index contributed by atoms with van der Waals surface area (Å²) in [4.78, 5) is 40.8. The van der Waals surface area contributed by atoms with E-state index in [4.69, 9.17) is 5.11 Å². The van der Waals surface area contributed by atoms with Gasteiger partial charge in [0.25, 0.3) is 5.91 Å². The third kappa shape index (κ3) is 3.45. The van der Waals surface area contributed by atoms with Crippen LogP contribution in [-0.2, 0) is 9.59 Å². The molecule has 1 aromatic rings. The Hall–Kier alpha value is -1.89. The number of hydrogen-bond donors (Lipinski definition) is 1. The van der Waals surface area contributed by atoms with E-state index in [2.05, 4.69) is 0 Å². The maximum Gasteiger partial charge on any atom is 0.306 e. The van der Waals surface area contributed by atoms with Crippen molar-refractivity contribution >= 4 is 29.1 Å². The molecule has 24 heavy (non-hydrogen) atoms. The average molecular weight is 350 g/mol. The molecule has 2 aliphatic rings. The summed E-state index contributed by atoms with van der Waals surface area (Å²) in [5, 5.41) is 10.9. The Morgan fingerprint density at radius 2 is 1.83 bits per heavy atom. The normalized spacial score (nSPS) is 22.4. The summed E-state index contributed by atoms with van der Waals surface area (Å²) in [6.07, 6.45) is 3.53. The van der Waals surface area contributed by atoms with E-state index in [9.17, 15) is 14.4 Å². The maximum atomic E-state index is 12.9. The van der Waals surface area contributed by atoms with Crippen LogP contribution in [0.5, 0.6) is 0 Å². The van der Waals surface area contributed by atoms with Crippen LogP contribution in [-0.4, -0.2) is 58.4 Å². The van der Waals surface area contributed by atoms with E-state index < -0.39 is 12.0 Å². The first-order valence-electron chi connectivity index (χ1n) is 8.44. The molecule has 3 rings (SSSR count). The first-order chi connectivity index (χ1) is 11.6. The molecule has 3 heterocycles. The van der Waals surface area contributed by atoms with Gasteiger partial charge in [-0.1, -0.05) is 6.07 Å². The summed E-state index contributed by atoms with van der Waals surface area (Å²) in [6.45, 7) is 1.54. The highest BCUT2D eigenvalue weighted by molar-refractivity contribution is 7.12. The van der Waals surface area contributed by atoms with Gasteiger partial charge in [-0.05, 0) is 43.6 Å². The van der Waals surface area contributed by atoms with Gasteiger partial charge in [-0.15, -0.1) is 11.3 Å². The number of carbonyl (C=O) groups is 3. The number of hydrogen-bond acceptors (Lipinski definition) is 4. The van der Waals surface area contributed by atoms with Crippen molar-refractivity contribution in [2.45, 2.75) is 38.1 Å². The first-order valence-corrected chi connectivity index (χ1v) is 9.32. The number of piperidine rings is 2. The molecule has 0 aromatic carbocycles. The molecular formula is C17H22N2O4S. The van der Waals surface area contributed by atoms with Gasteiger partial charge >= 0.3 is 5.97 Å². The highest BCUT2D eigenvalue weighted by atomic mass is 32.1. The Labute approximate surface area is 145 Å². The molecule has 0 saturated carbocycles. The minimum Gasteiger partial charge on any atom is -0.481 e. The zero-order valence-electron chi connectivity index (χ0n) is 13.5. The Bertz CT molecular complexity index is 608. The molecule has 1 N–H and O–H groups in total. The van der Waals surface area contributed by atoms with Crippen LogP contribution in [0.15, 0.2) is 17.5 Å². The van der Waals surface area contributed by atoms with Crippen LogP contribution in [0.3, 0.4) is 0 Å². The van der Waals surface area contributed by atoms with Gasteiger partial charge < -0.3 is 14.9 Å². The van der Waals surface area contributed by atoms with Gasteiger partial charge in [0.05, 0.1) is 10.8 Å². The van der Waals surface area contributed by atoms with Crippen molar-refractivity contribution in [2.24, 2.45) is 5.92 Å². The third-order valence-corrected chi connectivity index (χ3v) is 5.79. The second kappa shape index (κ2) is 7.34. The van der Waals surface area contributed by atoms with Crippen LogP contribution in [0, 0.1) is 5.92 Å². The van der Waals surface area contributed by atoms with Gasteiger partial charge in [0.15, 0.2) is 0 Å². The van der Waals surface area contributed by atoms with Crippen LogP contribution in [0.4, 0.5) is 0 Å². The predicted octanol–water partition coefficient (Wildman–Crippen LogP) is 2.07. The predicted molar refractivity (Wildman–Crippen MR) is 89.9 cm³/mol. The standard InChI is InChI=1S/C17H22N2O4S/c20-15(18-9-6-12(7-10-18)17(22)23)13-4-1-2-8-19(13)16(21)14-5-3-11-24-14/h3,5,11-13H,1-2,4,6-10H2,(H,22,23). The zero-order valence-corrected chi connectivity index (χ0v) is 14.3. The highest BCUT2D eigenvalue weighted by Gasteiger charge is 2.37. The van der Waals surface area contributed by atoms with Crippen LogP contribution < -0.4 is 0 Å². The second-order valence-corrected chi connectivity index (χ2v) is 7.37. The highest BCUT2D eigenvalue weighted by Crippen LogP contribution is 2.25. The van der Waals surface area contributed by atoms with Crippen molar-refractivity contribution in [3.05, 3.63) is 22.4 Å². The zero-order chi connectivity index (χ0) is 17.1. The fourth-order valence-corrected chi connectivity index (χ4v) is 4.21. The number of likely N-dealkylation sites (tertiary alicyclic amines) is 2. The van der Waals surface area contributed by atoms with Crippen molar-refractivity contribution in [2.75, 3.05) is 19.6 Å². The van der Waals surface area contributed by atoms with Gasteiger partial charge in [-0.3, -0.25) is 14.4 Å². The molecular weight excluding hydrogens is 328 g/mol. The number of carboxylic acids is 1. The molecule has 1 aromatic heterocycles. The Balaban J connectivity index is 1.68. The summed E-state index contributed by atoms with van der Waals surface area (Å²) in [7, 11) is 0. The summed E-state index contributed by atoms with van der Waals surface area (Å²) < 4.78 is 0. The maximum absolute atomic E-state index is 12.9. The molecule has 0 bridgehead atoms. The molecule has 130 valence electrons. The fourth-order valence-electron chi connectivity index (χ4n) is 3.53. The lowest BCUT2D eigenvalue weighted by atomic mass is 9.95. The topological polar surface area (TPSA) is 77.9 Å². The molecule has 0 spiro atoms. The Kier molecular flexibility index (Phi) is 5.18. The SMILES string of the molecule is O=C(O)C1CCN(C(=O)C2CCCCN2C(=O)c2cccs2)CC1. The van der Waals surface area contributed by atoms with Gasteiger partial charge in [0, 0.05) is 19.6 Å². The number of thiophene rings is 1. The third-order valence-electron chi connectivity index (χ3n) is 4.94. The van der Waals surface area contributed by atoms with Crippen molar-refractivity contribution in [3.63, 3.8) is 0 Å². The van der Waals surface area contributed by atoms with Crippen LogP contribution >= 0.6 is 11.3 Å². The fraction of sp³-hybridized carbons (Fsp3) is 0.588. The van der Waals surface area contributed by atoms with E-state index in [1.165, 1.54) is 11.3 Å². The van der Waals surface area contributed by atoms with E-state index in [1.807, 2.05) is 11.4 Å². The summed E-state index contributed by atoms with van der Waals surface area (Å²) in [5.41, 5.74) is 0. The molecule has 1 unspecified atom stereocenters. The molecule has 2 saturated heterocycles. The molecule has 0 radical (unpaired) electrons. The van der Waals surface area contributed by atoms with Gasteiger partial charge in [-0.25, -0.2) is 0 Å². The Morgan fingerprint density at radius 1 is 1.08 bits per heavy atom. The van der Waals surface area contributed by atoms with Crippen LogP contribution in [0.2, 0.25) is 0 Å². The smallest absolute Gasteiger partial charge is 0.306 e. The van der Waals surface area contributed by atoms with E-state index in [0.29, 0.717) is 43.8 Å². The van der Waals surface area contributed by atoms with Crippen molar-refractivity contribution in [1.82, 2.24) is 9.80 Å². The van der Waals surface area contributed by atoms with Gasteiger partial charge in [-0.2, -0.15) is 0 Å². The number of carboxylic acid groups (broad SMARTS) is 1. The Morgan fingerprint density at radius 3 is 2.46 bits per heavy atom. The monoisotopic (exact) mass is 350 g/mol. The molecule has 6 nitrogen and oxygen atoms in total. The molecule has 1 atom stereocenters. The van der Waals surface area contributed by atoms with Crippen molar-refractivity contribution < 1.29 is 19.5 Å². The van der Waals surface area contributed by atoms with E-state index in [0.717, 1.165) is 12.8 Å². The lowest BCUT2D eigenvalue weighted by molar-refractivity contribution is -0.147. The van der Waals surface area contributed by atoms with E-state index in [-0.39, 0.29) is 17.7 Å². The van der Waals surface area contributed by atoms with Crippen LogP contribution in [0.25, 0.3) is 0 Å². The van der Waals surface area contributed by atoms with Crippen molar-refractivity contribution in [3.8, 4) is 0 Å². The molecule has 0 aliphatic carbocycles. The van der Waals surface area contributed by atoms with Gasteiger partial charge in [0.2, 0.25) is 5.91 Å². The number of amides is 2. The number of nitrogens with zero attached hydrogens (tertiary/aromatic N) is 2. The van der Waals surface area contributed by atoms with Crippen LogP contribution in [0.1, 0.15) is 41.8 Å².